The molecule has 3 aromatic rings. The highest BCUT2D eigenvalue weighted by Gasteiger charge is 2.88. The zero-order chi connectivity index (χ0) is 61.5. The Bertz CT molecular complexity index is 3580. The molecule has 3 aromatic carbocycles. The lowest BCUT2D eigenvalue weighted by Gasteiger charge is -2.75. The summed E-state index contributed by atoms with van der Waals surface area (Å²) in [5.41, 5.74) is -2.22. The van der Waals surface area contributed by atoms with Crippen LogP contribution in [0.5, 0.6) is 0 Å². The van der Waals surface area contributed by atoms with Gasteiger partial charge in [0.2, 0.25) is 0 Å². The van der Waals surface area contributed by atoms with Gasteiger partial charge in [-0.2, -0.15) is 0 Å². The van der Waals surface area contributed by atoms with Gasteiger partial charge in [0.05, 0.1) is 29.8 Å². The van der Waals surface area contributed by atoms with E-state index in [4.69, 9.17) is 4.74 Å². The summed E-state index contributed by atoms with van der Waals surface area (Å²) < 4.78 is 6.65. The van der Waals surface area contributed by atoms with Crippen LogP contribution in [0.2, 0.25) is 0 Å². The molecule has 10 fully saturated rings. The number of aliphatic hydroxyl groups excluding tert-OH is 3. The highest BCUT2D eigenvalue weighted by molar-refractivity contribution is 5.86. The molecule has 10 nitrogen and oxygen atoms in total. The maximum Gasteiger partial charge on any atom is 0.331 e. The van der Waals surface area contributed by atoms with Gasteiger partial charge in [-0.15, -0.1) is 5.92 Å². The van der Waals surface area contributed by atoms with Crippen LogP contribution in [0.4, 0.5) is 0 Å². The molecule has 23 atom stereocenters. The van der Waals surface area contributed by atoms with E-state index in [-0.39, 0.29) is 78.8 Å². The van der Waals surface area contributed by atoms with Crippen molar-refractivity contribution >= 4 is 12.3 Å². The highest BCUT2D eigenvalue weighted by atomic mass is 16.5. The molecule has 10 saturated carbocycles. The van der Waals surface area contributed by atoms with Crippen molar-refractivity contribution in [2.45, 2.75) is 227 Å². The van der Waals surface area contributed by atoms with Gasteiger partial charge in [0.1, 0.15) is 23.6 Å². The summed E-state index contributed by atoms with van der Waals surface area (Å²) in [5.74, 6) is 11.8. The second-order valence-corrected chi connectivity index (χ2v) is 33.5. The number of nitrogens with one attached hydrogen (secondary N) is 1. The van der Waals surface area contributed by atoms with Crippen molar-refractivity contribution in [1.29, 1.82) is 0 Å². The van der Waals surface area contributed by atoms with E-state index in [1.54, 1.807) is 6.08 Å². The molecule has 7 N–H and O–H groups in total. The molecule has 14 aliphatic carbocycles. The Morgan fingerprint density at radius 2 is 1.51 bits per heavy atom. The summed E-state index contributed by atoms with van der Waals surface area (Å²) in [6, 6.07) is 24.8. The van der Waals surface area contributed by atoms with E-state index in [0.29, 0.717) is 63.7 Å². The molecule has 476 valence electrons. The Labute approximate surface area is 533 Å². The van der Waals surface area contributed by atoms with E-state index in [1.165, 1.54) is 47.9 Å². The van der Waals surface area contributed by atoms with E-state index >= 15 is 15.0 Å². The molecule has 10 heteroatoms. The van der Waals surface area contributed by atoms with E-state index in [1.807, 2.05) is 19.2 Å². The zero-order valence-electron chi connectivity index (χ0n) is 53.3. The van der Waals surface area contributed by atoms with Crippen molar-refractivity contribution < 1.29 is 45.0 Å². The van der Waals surface area contributed by atoms with E-state index in [9.17, 15) is 25.2 Å². The number of likely N-dealkylation sites (N-methyl/N-ethyl adjacent to an activating group) is 1. The van der Waals surface area contributed by atoms with Crippen LogP contribution in [0.25, 0.3) is 0 Å². The van der Waals surface area contributed by atoms with Crippen LogP contribution in [-0.4, -0.2) is 91.1 Å². The van der Waals surface area contributed by atoms with Gasteiger partial charge in [-0.25, -0.2) is 4.79 Å². The molecular formula is C80H97NO9. The fourth-order valence-corrected chi connectivity index (χ4v) is 26.6. The first-order chi connectivity index (χ1) is 43.5. The van der Waals surface area contributed by atoms with Crippen LogP contribution in [0.15, 0.2) is 78.4 Å². The van der Waals surface area contributed by atoms with Gasteiger partial charge in [-0.1, -0.05) is 124 Å². The number of carbonyl (C=O) groups is 2. The summed E-state index contributed by atoms with van der Waals surface area (Å²) in [6.07, 6.45) is 18.8. The average molecular weight is 1220 g/mol. The minimum Gasteiger partial charge on any atom is -0.454 e. The third kappa shape index (κ3) is 7.97. The van der Waals surface area contributed by atoms with Gasteiger partial charge in [0.25, 0.3) is 0 Å². The minimum atomic E-state index is -2.40. The lowest BCUT2D eigenvalue weighted by Crippen LogP contribution is -2.87. The van der Waals surface area contributed by atoms with E-state index in [2.05, 4.69) is 90.5 Å². The molecule has 0 amide bonds. The van der Waals surface area contributed by atoms with E-state index in [0.717, 1.165) is 92.8 Å². The predicted molar refractivity (Wildman–Crippen MR) is 342 cm³/mol. The fraction of sp³-hybridized carbons (Fsp3) is 0.675. The number of fused-ring (bicyclic) bond motifs is 13. The third-order valence-corrected chi connectivity index (χ3v) is 30.2. The van der Waals surface area contributed by atoms with Crippen LogP contribution in [-0.2, 0) is 45.6 Å². The Kier molecular flexibility index (Phi) is 13.8. The van der Waals surface area contributed by atoms with Crippen molar-refractivity contribution in [1.82, 2.24) is 5.32 Å². The van der Waals surface area contributed by atoms with Crippen molar-refractivity contribution in [3.05, 3.63) is 117 Å². The first-order valence-corrected chi connectivity index (χ1v) is 36.0. The number of benzene rings is 3. The first-order valence-electron chi connectivity index (χ1n) is 36.0. The topological polar surface area (TPSA) is 177 Å². The molecule has 1 heterocycles. The SMILES string of the molecule is CN[C@@H]1Cc2c(cccc2CO)C#C[C@]23CC[C@H](Cc4cccc(c4)C4(CCCC4)c4cccc(c4)C[C@H]4CC#C[C@@H]5C[C@]6(C2)[C@H]2C7=CC(=O)O[C@H]7[C@H]1C[C@@H]2C[C@]6(O)[C@]1(O)[C@@H](O)[C@@H]2C[C@@H]([C@@H](C)C6CCCC6)CC[C@@H]6[C@@H](O)[C@]7(CC[C@H]4C7)C[C@](C=O)([C@@H]51)[C@@]62O)C3. The maximum absolute atomic E-state index is 15.9. The van der Waals surface area contributed by atoms with Gasteiger partial charge >= 0.3 is 5.97 Å². The van der Waals surface area contributed by atoms with Gasteiger partial charge in [0, 0.05) is 69.9 Å². The van der Waals surface area contributed by atoms with Crippen molar-refractivity contribution in [3.63, 3.8) is 0 Å². The second-order valence-electron chi connectivity index (χ2n) is 33.5. The molecule has 15 aliphatic rings. The van der Waals surface area contributed by atoms with Gasteiger partial charge in [-0.05, 0) is 227 Å². The van der Waals surface area contributed by atoms with E-state index < -0.39 is 92.3 Å². The number of aliphatic hydroxyl groups is 6. The monoisotopic (exact) mass is 1220 g/mol. The minimum absolute atomic E-state index is 0.0339. The average Bonchev–Trinajstić information content (AvgIpc) is 1.10. The second kappa shape index (κ2) is 20.9. The van der Waals surface area contributed by atoms with Crippen molar-refractivity contribution in [2.24, 2.45) is 98.6 Å². The molecule has 0 aromatic heterocycles. The molecule has 18 rings (SSSR count). The first kappa shape index (κ1) is 59.1. The summed E-state index contributed by atoms with van der Waals surface area (Å²) >= 11 is 0. The number of ether oxygens (including phenoxy) is 1. The Morgan fingerprint density at radius 3 is 2.27 bits per heavy atom. The van der Waals surface area contributed by atoms with Gasteiger partial charge < -0.3 is 45.5 Å². The fourth-order valence-electron chi connectivity index (χ4n) is 26.6. The highest BCUT2D eigenvalue weighted by Crippen LogP contribution is 2.81. The summed E-state index contributed by atoms with van der Waals surface area (Å²) in [4.78, 5) is 30.4. The molecule has 0 unspecified atom stereocenters. The van der Waals surface area contributed by atoms with Crippen LogP contribution in [0, 0.1) is 122 Å². The van der Waals surface area contributed by atoms with Gasteiger partial charge in [0.15, 0.2) is 0 Å². The summed E-state index contributed by atoms with van der Waals surface area (Å²) in [7, 11) is 1.96. The molecule has 90 heavy (non-hydrogen) atoms. The van der Waals surface area contributed by atoms with Crippen molar-refractivity contribution in [3.8, 4) is 23.7 Å². The number of hydrogen-bond acceptors (Lipinski definition) is 10. The van der Waals surface area contributed by atoms with Crippen LogP contribution in [0.1, 0.15) is 194 Å². The molecule has 4 spiro atoms. The Hall–Kier alpha value is -4.62. The smallest absolute Gasteiger partial charge is 0.331 e. The summed E-state index contributed by atoms with van der Waals surface area (Å²) in [5, 5.41) is 89.7. The summed E-state index contributed by atoms with van der Waals surface area (Å²) in [6.45, 7) is 2.21. The Balaban J connectivity index is 0.944. The number of aldehydes is 1. The van der Waals surface area contributed by atoms with Crippen LogP contribution in [0.3, 0.4) is 0 Å². The number of rotatable bonds is 5. The zero-order valence-corrected chi connectivity index (χ0v) is 53.3. The lowest BCUT2D eigenvalue weighted by molar-refractivity contribution is -0.391. The lowest BCUT2D eigenvalue weighted by atomic mass is 9.31. The van der Waals surface area contributed by atoms with Crippen LogP contribution < -0.4 is 5.32 Å². The number of carbonyl (C=O) groups excluding carboxylic acids is 2. The quantitative estimate of drug-likeness (QED) is 0.0739. The largest absolute Gasteiger partial charge is 0.454 e. The predicted octanol–water partition coefficient (Wildman–Crippen LogP) is 10.8. The molecule has 1 aliphatic heterocycles. The van der Waals surface area contributed by atoms with Crippen LogP contribution >= 0.6 is 0 Å². The normalized spacial score (nSPS) is 46.7. The molecular weight excluding hydrogens is 1120 g/mol. The molecule has 0 saturated heterocycles. The maximum atomic E-state index is 15.9. The Morgan fingerprint density at radius 1 is 0.744 bits per heavy atom. The van der Waals surface area contributed by atoms with Gasteiger partial charge in [-0.3, -0.25) is 0 Å². The molecule has 15 bridgehead atoms. The molecule has 0 radical (unpaired) electrons. The number of hydrogen-bond donors (Lipinski definition) is 7. The van der Waals surface area contributed by atoms with Crippen molar-refractivity contribution in [2.75, 3.05) is 7.05 Å². The standard InChI is InChI=1S/C80H97NO9/c1-47(51-13-3-4-14-51)53-21-22-64-71(85)74-30-25-55(40-74)54-16-10-17-56-41-76-44-73(28-23-50(39-73)31-48-11-7-19-59(33-48)75(26-5-6-27-75)60-20-8-12-49(32-54)34-60)29-24-52-15-9-18-57(43-82)61(52)37-66(81-2)62-35-58(68(76)63-38-67(84)90-69(62)63)42-78(76,87)80(89)70(56)77(45-74,46-83)79(64,88)65(36-53)72(80)86/h7-9,11-12,15,18-20,33-34,38,46-47,50-51,53-56,58,62,64-66,68-72,81-82,85-89H,3-6,13-14,16,21-23,25-28,30-32,35-37,39-45H2,1-2H3/t47-,50+,53-,54+,55-,56+,58+,62-,64+,65-,66+,68+,69-,70+,71+,72-,73-,74-,76-,77-,78+,79+,80+/m0/s1. The third-order valence-electron chi connectivity index (χ3n) is 30.2. The number of esters is 1.